The number of hydrogen-bond acceptors (Lipinski definition) is 3. The van der Waals surface area contributed by atoms with E-state index in [0.29, 0.717) is 6.54 Å². The lowest BCUT2D eigenvalue weighted by atomic mass is 10.0. The van der Waals surface area contributed by atoms with Gasteiger partial charge in [-0.1, -0.05) is 36.8 Å². The number of nitrogens with one attached hydrogen (secondary N) is 3. The molecule has 0 saturated heterocycles. The highest BCUT2D eigenvalue weighted by Crippen LogP contribution is 2.17. The van der Waals surface area contributed by atoms with Crippen molar-refractivity contribution in [3.63, 3.8) is 0 Å². The van der Waals surface area contributed by atoms with E-state index in [1.54, 1.807) is 0 Å². The quantitative estimate of drug-likeness (QED) is 0.673. The molecule has 1 rings (SSSR count). The minimum Gasteiger partial charge on any atom is -0.355 e. The van der Waals surface area contributed by atoms with Crippen molar-refractivity contribution < 1.29 is 14.4 Å². The maximum absolute atomic E-state index is 12.0. The van der Waals surface area contributed by atoms with Gasteiger partial charge in [-0.2, -0.15) is 0 Å². The normalized spacial score (nSPS) is 11.4. The summed E-state index contributed by atoms with van der Waals surface area (Å²) >= 11 is 0. The van der Waals surface area contributed by atoms with Crippen molar-refractivity contribution in [2.45, 2.75) is 39.7 Å². The third-order valence-corrected chi connectivity index (χ3v) is 3.27. The Labute approximate surface area is 137 Å². The van der Waals surface area contributed by atoms with Gasteiger partial charge in [-0.15, -0.1) is 0 Å². The van der Waals surface area contributed by atoms with Crippen LogP contribution in [0.2, 0.25) is 0 Å². The fraction of sp³-hybridized carbons (Fsp3) is 0.471. The maximum Gasteiger partial charge on any atom is 0.239 e. The number of hydrogen-bond donors (Lipinski definition) is 3. The van der Waals surface area contributed by atoms with Gasteiger partial charge in [0.05, 0.1) is 19.0 Å². The summed E-state index contributed by atoms with van der Waals surface area (Å²) in [7, 11) is 0. The molecule has 0 radical (unpaired) electrons. The van der Waals surface area contributed by atoms with Gasteiger partial charge in [-0.05, 0) is 18.9 Å². The zero-order chi connectivity index (χ0) is 17.2. The summed E-state index contributed by atoms with van der Waals surface area (Å²) in [6.07, 6.45) is 0.932. The molecule has 1 unspecified atom stereocenters. The second-order valence-electron chi connectivity index (χ2n) is 5.49. The molecule has 0 bridgehead atoms. The van der Waals surface area contributed by atoms with Crippen LogP contribution in [0.15, 0.2) is 24.3 Å². The summed E-state index contributed by atoms with van der Waals surface area (Å²) in [5, 5.41) is 8.03. The van der Waals surface area contributed by atoms with Crippen molar-refractivity contribution in [1.82, 2.24) is 16.0 Å². The standard InChI is InChI=1S/C17H25N3O3/c1-4-9-18-17(23)11-19-16(22)10-15(20-13(3)21)14-7-5-12(2)6-8-14/h5-8,15H,4,9-11H2,1-3H3,(H,18,23)(H,19,22)(H,20,21). The van der Waals surface area contributed by atoms with E-state index in [2.05, 4.69) is 16.0 Å². The van der Waals surface area contributed by atoms with Gasteiger partial charge in [0.25, 0.3) is 0 Å². The van der Waals surface area contributed by atoms with E-state index >= 15 is 0 Å². The van der Waals surface area contributed by atoms with E-state index in [0.717, 1.165) is 17.5 Å². The lowest BCUT2D eigenvalue weighted by Crippen LogP contribution is -2.39. The van der Waals surface area contributed by atoms with Crippen LogP contribution in [0.25, 0.3) is 0 Å². The lowest BCUT2D eigenvalue weighted by Gasteiger charge is -2.18. The Bertz CT molecular complexity index is 541. The summed E-state index contributed by atoms with van der Waals surface area (Å²) in [5.74, 6) is -0.702. The Morgan fingerprint density at radius 1 is 1.04 bits per heavy atom. The molecule has 6 heteroatoms. The smallest absolute Gasteiger partial charge is 0.239 e. The van der Waals surface area contributed by atoms with Crippen LogP contribution in [0.3, 0.4) is 0 Å². The molecular formula is C17H25N3O3. The molecule has 1 aromatic rings. The second-order valence-corrected chi connectivity index (χ2v) is 5.49. The van der Waals surface area contributed by atoms with Gasteiger partial charge in [0.15, 0.2) is 0 Å². The highest BCUT2D eigenvalue weighted by molar-refractivity contribution is 5.85. The van der Waals surface area contributed by atoms with Crippen LogP contribution in [-0.2, 0) is 14.4 Å². The SMILES string of the molecule is CCCNC(=O)CNC(=O)CC(NC(C)=O)c1ccc(C)cc1. The Hall–Kier alpha value is -2.37. The molecule has 126 valence electrons. The summed E-state index contributed by atoms with van der Waals surface area (Å²) in [5.41, 5.74) is 1.96. The minimum atomic E-state index is -0.410. The number of carbonyl (C=O) groups is 3. The van der Waals surface area contributed by atoms with Crippen LogP contribution in [0, 0.1) is 6.92 Å². The van der Waals surface area contributed by atoms with Gasteiger partial charge in [-0.3, -0.25) is 14.4 Å². The maximum atomic E-state index is 12.0. The van der Waals surface area contributed by atoms with Crippen molar-refractivity contribution in [1.29, 1.82) is 0 Å². The first kappa shape index (κ1) is 18.7. The molecule has 0 fully saturated rings. The fourth-order valence-corrected chi connectivity index (χ4v) is 2.06. The zero-order valence-corrected chi connectivity index (χ0v) is 13.9. The molecule has 0 aliphatic rings. The minimum absolute atomic E-state index is 0.0560. The first-order valence-electron chi connectivity index (χ1n) is 7.79. The summed E-state index contributed by atoms with van der Waals surface area (Å²) in [6, 6.07) is 7.22. The van der Waals surface area contributed by atoms with E-state index in [1.165, 1.54) is 6.92 Å². The predicted molar refractivity (Wildman–Crippen MR) is 88.7 cm³/mol. The van der Waals surface area contributed by atoms with E-state index in [4.69, 9.17) is 0 Å². The Morgan fingerprint density at radius 3 is 2.26 bits per heavy atom. The third kappa shape index (κ3) is 7.44. The molecule has 23 heavy (non-hydrogen) atoms. The van der Waals surface area contributed by atoms with Gasteiger partial charge in [0.1, 0.15) is 0 Å². The topological polar surface area (TPSA) is 87.3 Å². The van der Waals surface area contributed by atoms with Gasteiger partial charge in [0.2, 0.25) is 17.7 Å². The molecule has 0 aromatic heterocycles. The van der Waals surface area contributed by atoms with Crippen LogP contribution in [0.1, 0.15) is 43.9 Å². The largest absolute Gasteiger partial charge is 0.355 e. The lowest BCUT2D eigenvalue weighted by molar-refractivity contribution is -0.127. The molecule has 1 aromatic carbocycles. The summed E-state index contributed by atoms with van der Waals surface area (Å²) < 4.78 is 0. The van der Waals surface area contributed by atoms with Crippen molar-refractivity contribution in [2.75, 3.05) is 13.1 Å². The Morgan fingerprint density at radius 2 is 1.70 bits per heavy atom. The molecule has 0 aliphatic carbocycles. The van der Waals surface area contributed by atoms with Gasteiger partial charge in [-0.25, -0.2) is 0 Å². The van der Waals surface area contributed by atoms with Crippen LogP contribution in [-0.4, -0.2) is 30.8 Å². The van der Waals surface area contributed by atoms with Crippen LogP contribution in [0.4, 0.5) is 0 Å². The third-order valence-electron chi connectivity index (χ3n) is 3.27. The van der Waals surface area contributed by atoms with Gasteiger partial charge >= 0.3 is 0 Å². The average molecular weight is 319 g/mol. The van der Waals surface area contributed by atoms with E-state index in [1.807, 2.05) is 38.1 Å². The van der Waals surface area contributed by atoms with Gasteiger partial charge in [0, 0.05) is 13.5 Å². The summed E-state index contributed by atoms with van der Waals surface area (Å²) in [6.45, 7) is 5.88. The molecule has 6 nitrogen and oxygen atoms in total. The van der Waals surface area contributed by atoms with Gasteiger partial charge < -0.3 is 16.0 Å². The molecular weight excluding hydrogens is 294 g/mol. The Kier molecular flexibility index (Phi) is 7.80. The van der Waals surface area contributed by atoms with E-state index < -0.39 is 6.04 Å². The van der Waals surface area contributed by atoms with Crippen molar-refractivity contribution in [3.05, 3.63) is 35.4 Å². The molecule has 0 spiro atoms. The fourth-order valence-electron chi connectivity index (χ4n) is 2.06. The molecule has 0 saturated carbocycles. The van der Waals surface area contributed by atoms with Crippen LogP contribution < -0.4 is 16.0 Å². The number of aryl methyl sites for hydroxylation is 1. The Balaban J connectivity index is 2.59. The second kappa shape index (κ2) is 9.61. The number of carbonyl (C=O) groups excluding carboxylic acids is 3. The molecule has 0 heterocycles. The van der Waals surface area contributed by atoms with Crippen molar-refractivity contribution in [2.24, 2.45) is 0 Å². The predicted octanol–water partition coefficient (Wildman–Crippen LogP) is 1.20. The zero-order valence-electron chi connectivity index (χ0n) is 13.9. The first-order chi connectivity index (χ1) is 10.9. The number of rotatable bonds is 8. The molecule has 3 N–H and O–H groups in total. The van der Waals surface area contributed by atoms with Crippen LogP contribution in [0.5, 0.6) is 0 Å². The van der Waals surface area contributed by atoms with Crippen molar-refractivity contribution >= 4 is 17.7 Å². The first-order valence-corrected chi connectivity index (χ1v) is 7.79. The average Bonchev–Trinajstić information content (AvgIpc) is 2.50. The molecule has 0 aliphatic heterocycles. The highest BCUT2D eigenvalue weighted by atomic mass is 16.2. The van der Waals surface area contributed by atoms with E-state index in [9.17, 15) is 14.4 Å². The van der Waals surface area contributed by atoms with Crippen LogP contribution >= 0.6 is 0 Å². The van der Waals surface area contributed by atoms with Crippen molar-refractivity contribution in [3.8, 4) is 0 Å². The number of benzene rings is 1. The monoisotopic (exact) mass is 319 g/mol. The molecule has 1 atom stereocenters. The highest BCUT2D eigenvalue weighted by Gasteiger charge is 2.17. The number of amides is 3. The van der Waals surface area contributed by atoms with E-state index in [-0.39, 0.29) is 30.7 Å². The molecule has 3 amide bonds. The summed E-state index contributed by atoms with van der Waals surface area (Å²) in [4.78, 5) is 34.8.